The van der Waals surface area contributed by atoms with Crippen LogP contribution in [0.1, 0.15) is 54.4 Å². The molecule has 2 nitrogen and oxygen atoms in total. The fourth-order valence-electron chi connectivity index (χ4n) is 4.02. The molecule has 6 heteroatoms. The summed E-state index contributed by atoms with van der Waals surface area (Å²) in [5.41, 5.74) is 1.61. The molecule has 1 aliphatic heterocycles. The molecule has 1 aliphatic carbocycles. The van der Waals surface area contributed by atoms with E-state index in [-0.39, 0.29) is 6.04 Å². The molecule has 1 aromatic heterocycles. The Hall–Kier alpha value is -1.56. The van der Waals surface area contributed by atoms with Gasteiger partial charge in [0.05, 0.1) is 10.4 Å². The highest BCUT2D eigenvalue weighted by atomic mass is 32.1. The maximum absolute atomic E-state index is 13.0. The molecule has 0 N–H and O–H groups in total. The van der Waals surface area contributed by atoms with Crippen molar-refractivity contribution < 1.29 is 17.7 Å². The van der Waals surface area contributed by atoms with Crippen molar-refractivity contribution in [1.82, 2.24) is 0 Å². The van der Waals surface area contributed by atoms with Crippen molar-refractivity contribution in [2.75, 3.05) is 4.90 Å². The third-order valence-electron chi connectivity index (χ3n) is 5.55. The Morgan fingerprint density at radius 2 is 1.96 bits per heavy atom. The van der Waals surface area contributed by atoms with Crippen molar-refractivity contribution in [2.45, 2.75) is 64.3 Å². The SMILES string of the molecule is CC1C(C)[n+]2c(sc3c2CCCC3)N1Cc1cccc(C(F)(F)F)c1. The van der Waals surface area contributed by atoms with Crippen molar-refractivity contribution >= 4 is 16.5 Å². The Kier molecular flexibility index (Phi) is 4.06. The number of fused-ring (bicyclic) bond motifs is 3. The number of anilines is 1. The van der Waals surface area contributed by atoms with Crippen LogP contribution >= 0.6 is 11.3 Å². The van der Waals surface area contributed by atoms with E-state index in [2.05, 4.69) is 23.3 Å². The van der Waals surface area contributed by atoms with Crippen LogP contribution in [0.3, 0.4) is 0 Å². The Labute approximate surface area is 149 Å². The van der Waals surface area contributed by atoms with Gasteiger partial charge in [-0.3, -0.25) is 0 Å². The lowest BCUT2D eigenvalue weighted by Gasteiger charge is -2.18. The molecular formula is C19H22F3N2S+. The van der Waals surface area contributed by atoms with Crippen LogP contribution in [0.2, 0.25) is 0 Å². The first-order valence-electron chi connectivity index (χ1n) is 8.85. The van der Waals surface area contributed by atoms with Gasteiger partial charge in [-0.15, -0.1) is 0 Å². The molecule has 25 heavy (non-hydrogen) atoms. The normalized spacial score (nSPS) is 22.8. The first-order valence-corrected chi connectivity index (χ1v) is 9.67. The quantitative estimate of drug-likeness (QED) is 0.685. The van der Waals surface area contributed by atoms with Gasteiger partial charge in [0.25, 0.3) is 0 Å². The summed E-state index contributed by atoms with van der Waals surface area (Å²) in [4.78, 5) is 3.75. The van der Waals surface area contributed by atoms with Gasteiger partial charge in [-0.05, 0) is 50.8 Å². The number of hydrogen-bond acceptors (Lipinski definition) is 2. The third kappa shape index (κ3) is 2.84. The van der Waals surface area contributed by atoms with E-state index < -0.39 is 11.7 Å². The maximum Gasteiger partial charge on any atom is 0.416 e. The number of benzene rings is 1. The first kappa shape index (κ1) is 16.9. The minimum absolute atomic E-state index is 0.285. The molecule has 0 fully saturated rings. The highest BCUT2D eigenvalue weighted by Gasteiger charge is 2.45. The fraction of sp³-hybridized carbons (Fsp3) is 0.526. The average Bonchev–Trinajstić information content (AvgIpc) is 3.06. The highest BCUT2D eigenvalue weighted by Crippen LogP contribution is 2.39. The van der Waals surface area contributed by atoms with Gasteiger partial charge < -0.3 is 0 Å². The smallest absolute Gasteiger partial charge is 0.241 e. The second-order valence-electron chi connectivity index (χ2n) is 7.14. The van der Waals surface area contributed by atoms with Crippen LogP contribution in [0, 0.1) is 0 Å². The van der Waals surface area contributed by atoms with Crippen LogP contribution in [0.4, 0.5) is 18.3 Å². The Bertz CT molecular complexity index is 796. The molecule has 0 bridgehead atoms. The molecule has 2 aliphatic rings. The molecular weight excluding hydrogens is 345 g/mol. The standard InChI is InChI=1S/C19H22F3N2S/c1-12-13(2)24-16-8-3-4-9-17(16)25-18(24)23(12)11-14-6-5-7-15(10-14)19(20,21)22/h5-7,10,12-13H,3-4,8-9,11H2,1-2H3/q+1. The van der Waals surface area contributed by atoms with Crippen molar-refractivity contribution in [3.05, 3.63) is 46.0 Å². The molecule has 0 spiro atoms. The first-order chi connectivity index (χ1) is 11.9. The van der Waals surface area contributed by atoms with Crippen LogP contribution < -0.4 is 9.47 Å². The van der Waals surface area contributed by atoms with Crippen molar-refractivity contribution in [2.24, 2.45) is 0 Å². The lowest BCUT2D eigenvalue weighted by molar-refractivity contribution is -0.700. The monoisotopic (exact) mass is 367 g/mol. The van der Waals surface area contributed by atoms with Gasteiger partial charge in [0.1, 0.15) is 24.3 Å². The summed E-state index contributed by atoms with van der Waals surface area (Å²) in [6, 6.07) is 6.38. The number of hydrogen-bond donors (Lipinski definition) is 0. The van der Waals surface area contributed by atoms with E-state index in [1.165, 1.54) is 40.7 Å². The molecule has 2 atom stereocenters. The topological polar surface area (TPSA) is 7.12 Å². The lowest BCUT2D eigenvalue weighted by atomic mass is 10.0. The third-order valence-corrected chi connectivity index (χ3v) is 6.85. The van der Waals surface area contributed by atoms with E-state index in [1.54, 1.807) is 6.07 Å². The number of aromatic nitrogens is 1. The van der Waals surface area contributed by atoms with Crippen molar-refractivity contribution in [1.29, 1.82) is 0 Å². The summed E-state index contributed by atoms with van der Waals surface area (Å²) in [5, 5.41) is 1.21. The molecule has 0 saturated carbocycles. The molecule has 0 saturated heterocycles. The molecule has 2 unspecified atom stereocenters. The number of thiazole rings is 1. The fourth-order valence-corrected chi connectivity index (χ4v) is 5.53. The molecule has 2 aromatic rings. The molecule has 4 rings (SSSR count). The van der Waals surface area contributed by atoms with Gasteiger partial charge in [-0.1, -0.05) is 23.5 Å². The minimum atomic E-state index is -4.29. The van der Waals surface area contributed by atoms with E-state index in [1.807, 2.05) is 11.3 Å². The second kappa shape index (κ2) is 6.01. The Morgan fingerprint density at radius 3 is 2.72 bits per heavy atom. The largest absolute Gasteiger partial charge is 0.416 e. The number of aryl methyl sites for hydroxylation is 1. The minimum Gasteiger partial charge on any atom is -0.241 e. The molecule has 134 valence electrons. The van der Waals surface area contributed by atoms with Gasteiger partial charge in [0, 0.05) is 6.42 Å². The highest BCUT2D eigenvalue weighted by molar-refractivity contribution is 7.15. The number of alkyl halides is 3. The summed E-state index contributed by atoms with van der Waals surface area (Å²) in [7, 11) is 0. The maximum atomic E-state index is 13.0. The Balaban J connectivity index is 1.67. The number of halogens is 3. The van der Waals surface area contributed by atoms with E-state index >= 15 is 0 Å². The van der Waals surface area contributed by atoms with Gasteiger partial charge in [-0.2, -0.15) is 13.2 Å². The second-order valence-corrected chi connectivity index (χ2v) is 8.20. The van der Waals surface area contributed by atoms with Crippen LogP contribution in [0.25, 0.3) is 0 Å². The zero-order chi connectivity index (χ0) is 17.8. The van der Waals surface area contributed by atoms with E-state index in [0.29, 0.717) is 18.2 Å². The van der Waals surface area contributed by atoms with E-state index in [9.17, 15) is 13.2 Å². The van der Waals surface area contributed by atoms with E-state index in [4.69, 9.17) is 0 Å². The van der Waals surface area contributed by atoms with Crippen LogP contribution in [-0.4, -0.2) is 6.04 Å². The van der Waals surface area contributed by atoms with Crippen LogP contribution in [0.15, 0.2) is 24.3 Å². The predicted molar refractivity (Wildman–Crippen MR) is 93.0 cm³/mol. The van der Waals surface area contributed by atoms with Crippen molar-refractivity contribution in [3.8, 4) is 0 Å². The van der Waals surface area contributed by atoms with Gasteiger partial charge in [0.2, 0.25) is 0 Å². The summed E-state index contributed by atoms with van der Waals surface area (Å²) in [6.45, 7) is 4.92. The van der Waals surface area contributed by atoms with Crippen LogP contribution in [-0.2, 0) is 25.6 Å². The lowest BCUT2D eigenvalue weighted by Crippen LogP contribution is -2.40. The summed E-state index contributed by atoms with van der Waals surface area (Å²) < 4.78 is 41.4. The summed E-state index contributed by atoms with van der Waals surface area (Å²) >= 11 is 1.84. The van der Waals surface area contributed by atoms with Crippen LogP contribution in [0.5, 0.6) is 0 Å². The summed E-state index contributed by atoms with van der Waals surface area (Å²) in [6.07, 6.45) is 0.447. The van der Waals surface area contributed by atoms with Gasteiger partial charge >= 0.3 is 11.3 Å². The molecule has 0 amide bonds. The predicted octanol–water partition coefficient (Wildman–Crippen LogP) is 4.90. The molecule has 1 aromatic carbocycles. The number of nitrogens with zero attached hydrogens (tertiary/aromatic N) is 2. The number of rotatable bonds is 2. The van der Waals surface area contributed by atoms with Gasteiger partial charge in [0.15, 0.2) is 0 Å². The van der Waals surface area contributed by atoms with Crippen molar-refractivity contribution in [3.63, 3.8) is 0 Å². The zero-order valence-corrected chi connectivity index (χ0v) is 15.3. The Morgan fingerprint density at radius 1 is 1.20 bits per heavy atom. The average molecular weight is 367 g/mol. The molecule has 0 radical (unpaired) electrons. The molecule has 2 heterocycles. The van der Waals surface area contributed by atoms with E-state index in [0.717, 1.165) is 18.9 Å². The summed E-state index contributed by atoms with van der Waals surface area (Å²) in [5.74, 6) is 0. The zero-order valence-electron chi connectivity index (χ0n) is 14.4. The van der Waals surface area contributed by atoms with Gasteiger partial charge in [-0.25, -0.2) is 9.47 Å².